The third-order valence-corrected chi connectivity index (χ3v) is 10.2. The maximum Gasteiger partial charge on any atom is 0.408 e. The predicted molar refractivity (Wildman–Crippen MR) is 164 cm³/mol. The number of esters is 1. The third kappa shape index (κ3) is 6.97. The van der Waals surface area contributed by atoms with Crippen molar-refractivity contribution < 1.29 is 52.4 Å². The van der Waals surface area contributed by atoms with E-state index in [4.69, 9.17) is 30.1 Å². The zero-order valence-corrected chi connectivity index (χ0v) is 28.6. The van der Waals surface area contributed by atoms with E-state index >= 15 is 4.39 Å². The lowest BCUT2D eigenvalue weighted by atomic mass is 9.73. The number of nitrogens with zero attached hydrogens (tertiary/aromatic N) is 1. The van der Waals surface area contributed by atoms with E-state index in [0.717, 1.165) is 0 Å². The molecule has 12 nitrogen and oxygen atoms in total. The van der Waals surface area contributed by atoms with Crippen LogP contribution in [0.5, 0.6) is 0 Å². The van der Waals surface area contributed by atoms with Gasteiger partial charge in [-0.05, 0) is 40.8 Å². The Labute approximate surface area is 271 Å². The van der Waals surface area contributed by atoms with Crippen molar-refractivity contribution in [3.63, 3.8) is 0 Å². The van der Waals surface area contributed by atoms with Crippen LogP contribution in [-0.4, -0.2) is 115 Å². The number of rotatable bonds is 6. The molecule has 0 aromatic rings. The van der Waals surface area contributed by atoms with Crippen molar-refractivity contribution in [3.8, 4) is 12.3 Å². The molecule has 260 valence electrons. The number of Topliss-reactive ketones (excluding diaryl/α,β-unsaturated/α-hetero) is 2. The van der Waals surface area contributed by atoms with Gasteiger partial charge in [-0.3, -0.25) is 9.59 Å². The summed E-state index contributed by atoms with van der Waals surface area (Å²) in [7, 11) is 5.03. The van der Waals surface area contributed by atoms with E-state index in [2.05, 4.69) is 11.2 Å². The van der Waals surface area contributed by atoms with Crippen LogP contribution in [0.4, 0.5) is 9.18 Å². The van der Waals surface area contributed by atoms with Gasteiger partial charge in [-0.15, -0.1) is 12.3 Å². The molecule has 14 atom stereocenters. The number of amides is 1. The smallest absolute Gasteiger partial charge is 0.408 e. The summed E-state index contributed by atoms with van der Waals surface area (Å²) in [6.07, 6.45) is -1.77. The molecule has 3 heterocycles. The number of alkyl carbamates (subject to hydrolysis) is 1. The van der Waals surface area contributed by atoms with Gasteiger partial charge in [0.25, 0.3) is 5.67 Å². The normalized spacial score (nSPS) is 44.4. The van der Waals surface area contributed by atoms with Gasteiger partial charge in [0.15, 0.2) is 17.7 Å². The second-order valence-corrected chi connectivity index (χ2v) is 13.5. The van der Waals surface area contributed by atoms with Gasteiger partial charge < -0.3 is 39.0 Å². The molecule has 46 heavy (non-hydrogen) atoms. The highest BCUT2D eigenvalue weighted by molar-refractivity contribution is 6.08. The number of ether oxygens (including phenoxy) is 5. The van der Waals surface area contributed by atoms with Crippen molar-refractivity contribution in [3.05, 3.63) is 0 Å². The Hall–Kier alpha value is -2.63. The van der Waals surface area contributed by atoms with Gasteiger partial charge >= 0.3 is 12.1 Å². The van der Waals surface area contributed by atoms with Gasteiger partial charge in [-0.25, -0.2) is 14.0 Å². The fourth-order valence-electron chi connectivity index (χ4n) is 7.50. The molecule has 0 spiro atoms. The summed E-state index contributed by atoms with van der Waals surface area (Å²) in [5.74, 6) is -4.77. The Bertz CT molecular complexity index is 1190. The topological polar surface area (TPSA) is 150 Å². The van der Waals surface area contributed by atoms with Crippen LogP contribution in [0, 0.1) is 36.0 Å². The SMILES string of the molecule is C#CCC1(F)C(=O)O[C@H](CC)[C@@]2(C)OC(=O)NC2[C@@H](C)C(=O)[C@H](C)[C@H](OC)[C@H](C)[C@H](O[C@@H]2O[C@H](C)C[C@H](N(C)C)[C@H]2O)[C@@H](C)C1=O. The lowest BCUT2D eigenvalue weighted by molar-refractivity contribution is -0.282. The Kier molecular flexibility index (Phi) is 12.0. The maximum atomic E-state index is 16.9. The van der Waals surface area contributed by atoms with Crippen molar-refractivity contribution in [2.24, 2.45) is 23.7 Å². The number of terminal acetylenes is 1. The summed E-state index contributed by atoms with van der Waals surface area (Å²) in [5.41, 5.74) is -4.88. The first-order valence-electron chi connectivity index (χ1n) is 16.0. The van der Waals surface area contributed by atoms with Crippen LogP contribution < -0.4 is 5.32 Å². The largest absolute Gasteiger partial charge is 0.455 e. The zero-order chi connectivity index (χ0) is 34.9. The van der Waals surface area contributed by atoms with E-state index in [-0.39, 0.29) is 24.3 Å². The standard InChI is InChI=1S/C33H51FN2O10/c1-12-14-33(34)28(39)20(7)26(45-29-24(38)21(36(9)10)15-16(3)43-29)19(6)25(42-11)17(4)23(37)18(5)27-32(8,46-31(41)35-27)22(13-2)44-30(33)40/h1,16-22,24-27,29,38H,13-15H2,2-11H3,(H,35,41)/t16-,17+,18+,19+,20-,21+,22-,24-,25+,26+,27?,29+,32-,33?/m1/s1. The molecule has 1 amide bonds. The Balaban J connectivity index is 2.19. The molecular formula is C33H51FN2O10. The van der Waals surface area contributed by atoms with E-state index < -0.39 is 96.0 Å². The van der Waals surface area contributed by atoms with Crippen LogP contribution in [0.3, 0.4) is 0 Å². The summed E-state index contributed by atoms with van der Waals surface area (Å²) < 4.78 is 46.4. The van der Waals surface area contributed by atoms with Crippen LogP contribution in [-0.2, 0) is 38.1 Å². The Morgan fingerprint density at radius 3 is 2.26 bits per heavy atom. The molecule has 0 saturated carbocycles. The lowest BCUT2D eigenvalue weighted by Crippen LogP contribution is -2.60. The monoisotopic (exact) mass is 654 g/mol. The van der Waals surface area contributed by atoms with E-state index in [9.17, 15) is 24.3 Å². The molecular weight excluding hydrogens is 603 g/mol. The predicted octanol–water partition coefficient (Wildman–Crippen LogP) is 2.43. The van der Waals surface area contributed by atoms with Gasteiger partial charge in [0.05, 0.1) is 30.8 Å². The highest BCUT2D eigenvalue weighted by Gasteiger charge is 2.59. The number of methoxy groups -OCH3 is 1. The fourth-order valence-corrected chi connectivity index (χ4v) is 7.50. The molecule has 0 aliphatic carbocycles. The molecule has 0 radical (unpaired) electrons. The first-order chi connectivity index (χ1) is 21.4. The molecule has 2 unspecified atom stereocenters. The number of cyclic esters (lactones) is 1. The van der Waals surface area contributed by atoms with Gasteiger partial charge in [0.1, 0.15) is 18.0 Å². The van der Waals surface area contributed by atoms with Crippen molar-refractivity contribution in [1.82, 2.24) is 10.2 Å². The van der Waals surface area contributed by atoms with E-state index in [1.165, 1.54) is 21.0 Å². The van der Waals surface area contributed by atoms with Gasteiger partial charge in [0, 0.05) is 36.8 Å². The van der Waals surface area contributed by atoms with E-state index in [0.29, 0.717) is 6.42 Å². The molecule has 3 fully saturated rings. The minimum atomic E-state index is -3.30. The minimum absolute atomic E-state index is 0.0612. The van der Waals surface area contributed by atoms with Crippen LogP contribution in [0.15, 0.2) is 0 Å². The number of aliphatic hydroxyl groups is 1. The molecule has 3 aliphatic heterocycles. The number of carbonyl (C=O) groups excluding carboxylic acids is 4. The Morgan fingerprint density at radius 2 is 1.72 bits per heavy atom. The second kappa shape index (κ2) is 14.6. The number of halogens is 1. The number of alkyl halides is 1. The summed E-state index contributed by atoms with van der Waals surface area (Å²) in [6.45, 7) is 11.3. The van der Waals surface area contributed by atoms with Gasteiger partial charge in [-0.1, -0.05) is 34.6 Å². The lowest BCUT2D eigenvalue weighted by Gasteiger charge is -2.45. The highest BCUT2D eigenvalue weighted by Crippen LogP contribution is 2.40. The number of carbonyl (C=O) groups is 4. The van der Waals surface area contributed by atoms with Crippen LogP contribution in [0.1, 0.15) is 67.7 Å². The molecule has 3 aliphatic rings. The first-order valence-corrected chi connectivity index (χ1v) is 16.0. The average Bonchev–Trinajstić information content (AvgIpc) is 3.32. The fraction of sp³-hybridized carbons (Fsp3) is 0.818. The van der Waals surface area contributed by atoms with Crippen molar-refractivity contribution in [1.29, 1.82) is 0 Å². The minimum Gasteiger partial charge on any atom is -0.455 e. The quantitative estimate of drug-likeness (QED) is 0.247. The number of likely N-dealkylation sites (N-methyl/N-ethyl adjacent to an activating group) is 1. The van der Waals surface area contributed by atoms with Crippen molar-refractivity contribution in [2.75, 3.05) is 21.2 Å². The molecule has 0 aromatic heterocycles. The maximum absolute atomic E-state index is 16.9. The molecule has 2 N–H and O–H groups in total. The van der Waals surface area contributed by atoms with E-state index in [1.54, 1.807) is 27.7 Å². The summed E-state index contributed by atoms with van der Waals surface area (Å²) in [4.78, 5) is 56.3. The van der Waals surface area contributed by atoms with E-state index in [1.807, 2.05) is 25.9 Å². The molecule has 0 aromatic carbocycles. The second-order valence-electron chi connectivity index (χ2n) is 13.5. The Morgan fingerprint density at radius 1 is 1.09 bits per heavy atom. The number of hydrogen-bond donors (Lipinski definition) is 2. The molecule has 3 saturated heterocycles. The summed E-state index contributed by atoms with van der Waals surface area (Å²) in [5, 5.41) is 13.9. The van der Waals surface area contributed by atoms with Crippen LogP contribution >= 0.6 is 0 Å². The van der Waals surface area contributed by atoms with Gasteiger partial charge in [0.2, 0.25) is 0 Å². The van der Waals surface area contributed by atoms with Crippen molar-refractivity contribution >= 4 is 23.6 Å². The number of fused-ring (bicyclic) bond motifs is 1. The summed E-state index contributed by atoms with van der Waals surface area (Å²) in [6, 6.07) is -1.32. The molecule has 0 bridgehead atoms. The number of aliphatic hydroxyl groups excluding tert-OH is 1. The molecule has 13 heteroatoms. The first kappa shape index (κ1) is 37.8. The number of nitrogens with one attached hydrogen (secondary N) is 1. The summed E-state index contributed by atoms with van der Waals surface area (Å²) >= 11 is 0. The zero-order valence-electron chi connectivity index (χ0n) is 28.6. The van der Waals surface area contributed by atoms with Crippen molar-refractivity contribution in [2.45, 2.75) is 128 Å². The highest BCUT2D eigenvalue weighted by atomic mass is 19.1. The number of ketones is 2. The van der Waals surface area contributed by atoms with Gasteiger partial charge in [-0.2, -0.15) is 0 Å². The van der Waals surface area contributed by atoms with Crippen LogP contribution in [0.25, 0.3) is 0 Å². The molecule has 3 rings (SSSR count). The van der Waals surface area contributed by atoms with Crippen LogP contribution in [0.2, 0.25) is 0 Å². The third-order valence-electron chi connectivity index (χ3n) is 10.2. The number of hydrogen-bond acceptors (Lipinski definition) is 11. The average molecular weight is 655 g/mol.